The quantitative estimate of drug-likeness (QED) is 0.249. The molecule has 0 unspecified atom stereocenters. The third kappa shape index (κ3) is 7.05. The number of likely N-dealkylation sites (tertiary alicyclic amines) is 1. The van der Waals surface area contributed by atoms with E-state index >= 15 is 0 Å². The Balaban J connectivity index is 1.25. The normalized spacial score (nSPS) is 14.2. The van der Waals surface area contributed by atoms with E-state index in [1.54, 1.807) is 0 Å². The lowest BCUT2D eigenvalue weighted by atomic mass is 9.99. The van der Waals surface area contributed by atoms with Gasteiger partial charge in [-0.1, -0.05) is 60.7 Å². The van der Waals surface area contributed by atoms with Crippen molar-refractivity contribution >= 4 is 34.1 Å². The molecule has 40 heavy (non-hydrogen) atoms. The molecule has 0 atom stereocenters. The maximum Gasteiger partial charge on any atom is 0.411 e. The average molecular weight is 538 g/mol. The number of amides is 2. The van der Waals surface area contributed by atoms with Crippen molar-refractivity contribution < 1.29 is 19.4 Å². The van der Waals surface area contributed by atoms with Crippen molar-refractivity contribution in [3.05, 3.63) is 96.1 Å². The van der Waals surface area contributed by atoms with Crippen LogP contribution in [0.2, 0.25) is 0 Å². The molecular weight excluding hydrogens is 502 g/mol. The molecule has 1 fully saturated rings. The molecule has 0 aromatic heterocycles. The van der Waals surface area contributed by atoms with Crippen molar-refractivity contribution in [2.75, 3.05) is 30.8 Å². The number of nitrogens with zero attached hydrogens (tertiary/aromatic N) is 1. The first kappa shape index (κ1) is 27.4. The van der Waals surface area contributed by atoms with E-state index in [1.165, 1.54) is 0 Å². The molecule has 206 valence electrons. The fraction of sp³-hybridized carbons (Fsp3) is 0.273. The number of carbonyl (C=O) groups is 2. The predicted molar refractivity (Wildman–Crippen MR) is 159 cm³/mol. The van der Waals surface area contributed by atoms with Crippen LogP contribution >= 0.6 is 0 Å². The fourth-order valence-corrected chi connectivity index (χ4v) is 5.07. The van der Waals surface area contributed by atoms with E-state index in [0.29, 0.717) is 18.5 Å². The van der Waals surface area contributed by atoms with Crippen molar-refractivity contribution in [2.24, 2.45) is 0 Å². The molecule has 5 rings (SSSR count). The first-order chi connectivity index (χ1) is 19.5. The topological polar surface area (TPSA) is 90.9 Å². The van der Waals surface area contributed by atoms with Crippen LogP contribution in [0.4, 0.5) is 16.2 Å². The molecule has 0 bridgehead atoms. The van der Waals surface area contributed by atoms with E-state index in [9.17, 15) is 14.7 Å². The van der Waals surface area contributed by atoms with E-state index in [4.69, 9.17) is 4.74 Å². The van der Waals surface area contributed by atoms with E-state index < -0.39 is 6.09 Å². The summed E-state index contributed by atoms with van der Waals surface area (Å²) < 4.78 is 5.73. The number of aryl methyl sites for hydroxylation is 1. The largest absolute Gasteiger partial charge is 0.446 e. The maximum absolute atomic E-state index is 12.8. The summed E-state index contributed by atoms with van der Waals surface area (Å²) in [6.07, 6.45) is 1.93. The number of piperidine rings is 1. The molecule has 0 aliphatic carbocycles. The standard InChI is InChI=1S/C33H35N3O4/c1-36-17-15-29(16-18-36)40-33(39)35-31-20-23(8-13-30(31)25-5-3-2-4-6-25)9-14-32(38)34-28-12-11-26-19-24(22-37)7-10-27(26)21-28/h2-8,10-13,19-21,29,37H,9,14-18,22H2,1H3,(H,34,38)(H,35,39). The van der Waals surface area contributed by atoms with Crippen molar-refractivity contribution in [2.45, 2.75) is 38.4 Å². The Morgan fingerprint density at radius 3 is 2.38 bits per heavy atom. The van der Waals surface area contributed by atoms with Gasteiger partial charge in [0.05, 0.1) is 12.3 Å². The third-order valence-electron chi connectivity index (χ3n) is 7.36. The third-order valence-corrected chi connectivity index (χ3v) is 7.36. The van der Waals surface area contributed by atoms with Gasteiger partial charge >= 0.3 is 6.09 Å². The summed E-state index contributed by atoms with van der Waals surface area (Å²) in [4.78, 5) is 27.8. The van der Waals surface area contributed by atoms with Crippen LogP contribution < -0.4 is 10.6 Å². The first-order valence-corrected chi connectivity index (χ1v) is 13.7. The highest BCUT2D eigenvalue weighted by Gasteiger charge is 2.21. The number of hydrogen-bond acceptors (Lipinski definition) is 5. The number of aliphatic hydroxyl groups excluding tert-OH is 1. The van der Waals surface area contributed by atoms with Crippen LogP contribution in [0, 0.1) is 0 Å². The Labute approximate surface area is 234 Å². The van der Waals surface area contributed by atoms with Crippen LogP contribution in [0.1, 0.15) is 30.4 Å². The zero-order valence-electron chi connectivity index (χ0n) is 22.7. The second kappa shape index (κ2) is 12.8. The molecule has 4 aromatic rings. The van der Waals surface area contributed by atoms with Gasteiger partial charge in [-0.25, -0.2) is 4.79 Å². The molecule has 3 N–H and O–H groups in total. The zero-order chi connectivity index (χ0) is 27.9. The molecule has 7 heteroatoms. The number of anilines is 2. The second-order valence-electron chi connectivity index (χ2n) is 10.4. The van der Waals surface area contributed by atoms with Gasteiger partial charge in [0, 0.05) is 30.8 Å². The molecule has 1 aliphatic heterocycles. The molecule has 1 saturated heterocycles. The fourth-order valence-electron chi connectivity index (χ4n) is 5.07. The molecule has 0 spiro atoms. The highest BCUT2D eigenvalue weighted by Crippen LogP contribution is 2.30. The van der Waals surface area contributed by atoms with Crippen LogP contribution in [-0.4, -0.2) is 48.2 Å². The number of fused-ring (bicyclic) bond motifs is 1. The molecule has 4 aromatic carbocycles. The van der Waals surface area contributed by atoms with E-state index in [2.05, 4.69) is 22.6 Å². The summed E-state index contributed by atoms with van der Waals surface area (Å²) >= 11 is 0. The number of ether oxygens (including phenoxy) is 1. The number of hydrogen-bond donors (Lipinski definition) is 3. The maximum atomic E-state index is 12.8. The van der Waals surface area contributed by atoms with Crippen LogP contribution in [0.5, 0.6) is 0 Å². The van der Waals surface area contributed by atoms with E-state index in [-0.39, 0.29) is 18.6 Å². The Kier molecular flexibility index (Phi) is 8.74. The summed E-state index contributed by atoms with van der Waals surface area (Å²) in [7, 11) is 2.07. The highest BCUT2D eigenvalue weighted by atomic mass is 16.6. The minimum absolute atomic E-state index is 0.00247. The van der Waals surface area contributed by atoms with Crippen LogP contribution in [0.25, 0.3) is 21.9 Å². The van der Waals surface area contributed by atoms with Gasteiger partial charge in [-0.15, -0.1) is 0 Å². The van der Waals surface area contributed by atoms with Crippen molar-refractivity contribution in [3.8, 4) is 11.1 Å². The summed E-state index contributed by atoms with van der Waals surface area (Å²) in [6, 6.07) is 27.3. The van der Waals surface area contributed by atoms with Gasteiger partial charge in [-0.2, -0.15) is 0 Å². The van der Waals surface area contributed by atoms with Crippen LogP contribution in [-0.2, 0) is 22.6 Å². The summed E-state index contributed by atoms with van der Waals surface area (Å²) in [5.74, 6) is -0.0883. The Morgan fingerprint density at radius 2 is 1.60 bits per heavy atom. The van der Waals surface area contributed by atoms with Crippen molar-refractivity contribution in [3.63, 3.8) is 0 Å². The number of nitrogens with one attached hydrogen (secondary N) is 2. The predicted octanol–water partition coefficient (Wildman–Crippen LogP) is 6.21. The molecule has 1 heterocycles. The minimum Gasteiger partial charge on any atom is -0.446 e. The zero-order valence-corrected chi connectivity index (χ0v) is 22.7. The lowest BCUT2D eigenvalue weighted by molar-refractivity contribution is -0.116. The monoisotopic (exact) mass is 537 g/mol. The first-order valence-electron chi connectivity index (χ1n) is 13.7. The summed E-state index contributed by atoms with van der Waals surface area (Å²) in [5.41, 5.74) is 5.08. The van der Waals surface area contributed by atoms with Gasteiger partial charge in [-0.05, 0) is 78.0 Å². The Morgan fingerprint density at radius 1 is 0.875 bits per heavy atom. The van der Waals surface area contributed by atoms with Gasteiger partial charge in [0.15, 0.2) is 0 Å². The number of benzene rings is 4. The molecule has 0 saturated carbocycles. The van der Waals surface area contributed by atoms with Crippen LogP contribution in [0.3, 0.4) is 0 Å². The lowest BCUT2D eigenvalue weighted by Crippen LogP contribution is -2.36. The average Bonchev–Trinajstić information content (AvgIpc) is 2.97. The Bertz CT molecular complexity index is 1480. The summed E-state index contributed by atoms with van der Waals surface area (Å²) in [6.45, 7) is 1.82. The summed E-state index contributed by atoms with van der Waals surface area (Å²) in [5, 5.41) is 17.3. The number of aliphatic hydroxyl groups is 1. The number of rotatable bonds is 8. The van der Waals surface area contributed by atoms with Crippen LogP contribution in [0.15, 0.2) is 84.9 Å². The molecule has 0 radical (unpaired) electrons. The molecular formula is C33H35N3O4. The molecule has 2 amide bonds. The van der Waals surface area contributed by atoms with Crippen molar-refractivity contribution in [1.82, 2.24) is 4.90 Å². The van der Waals surface area contributed by atoms with Gasteiger partial charge in [0.25, 0.3) is 0 Å². The number of carbonyl (C=O) groups excluding carboxylic acids is 2. The molecule has 1 aliphatic rings. The lowest BCUT2D eigenvalue weighted by Gasteiger charge is -2.28. The van der Waals surface area contributed by atoms with Gasteiger partial charge < -0.3 is 20.1 Å². The van der Waals surface area contributed by atoms with Gasteiger partial charge in [0.2, 0.25) is 5.91 Å². The minimum atomic E-state index is -0.455. The highest BCUT2D eigenvalue weighted by molar-refractivity contribution is 5.95. The van der Waals surface area contributed by atoms with Gasteiger partial charge in [-0.3, -0.25) is 10.1 Å². The van der Waals surface area contributed by atoms with Crippen molar-refractivity contribution in [1.29, 1.82) is 0 Å². The SMILES string of the molecule is CN1CCC(OC(=O)Nc2cc(CCC(=O)Nc3ccc4cc(CO)ccc4c3)ccc2-c2ccccc2)CC1. The van der Waals surface area contributed by atoms with Gasteiger partial charge in [0.1, 0.15) is 6.10 Å². The Hall–Kier alpha value is -4.20. The van der Waals surface area contributed by atoms with E-state index in [1.807, 2.05) is 84.9 Å². The smallest absolute Gasteiger partial charge is 0.411 e. The van der Waals surface area contributed by atoms with E-state index in [0.717, 1.165) is 64.6 Å². The molecule has 7 nitrogen and oxygen atoms in total. The second-order valence-corrected chi connectivity index (χ2v) is 10.4.